The van der Waals surface area contributed by atoms with E-state index in [1.54, 1.807) is 14.1 Å². The van der Waals surface area contributed by atoms with Gasteiger partial charge in [0.1, 0.15) is 23.3 Å². The summed E-state index contributed by atoms with van der Waals surface area (Å²) in [7, 11) is 3.93. The van der Waals surface area contributed by atoms with Crippen LogP contribution in [0.3, 0.4) is 0 Å². The van der Waals surface area contributed by atoms with Crippen LogP contribution in [0.25, 0.3) is 0 Å². The van der Waals surface area contributed by atoms with Crippen molar-refractivity contribution in [3.8, 4) is 0 Å². The summed E-state index contributed by atoms with van der Waals surface area (Å²) >= 11 is 0. The molecular weight excluding hydrogens is 870 g/mol. The van der Waals surface area contributed by atoms with Gasteiger partial charge in [-0.2, -0.15) is 26.3 Å². The fraction of sp³-hybridized carbons (Fsp3) is 0.235. The Labute approximate surface area is 342 Å². The van der Waals surface area contributed by atoms with Crippen LogP contribution in [-0.2, 0) is 9.59 Å². The maximum Gasteiger partial charge on any atom is 0.471 e. The predicted molar refractivity (Wildman–Crippen MR) is 203 cm³/mol. The van der Waals surface area contributed by atoms with E-state index in [1.165, 1.54) is 16.3 Å². The third kappa shape index (κ3) is 17.7. The molecule has 340 valence electrons. The number of alkyl halides is 6. The first kappa shape index (κ1) is 56.4. The average molecular weight is 905 g/mol. The van der Waals surface area contributed by atoms with Gasteiger partial charge >= 0.3 is 24.2 Å². The van der Waals surface area contributed by atoms with E-state index in [0.717, 1.165) is 42.5 Å². The monoisotopic (exact) mass is 904 g/mol. The average Bonchev–Trinajstić information content (AvgIpc) is 3.16. The molecule has 28 heteroatoms. The van der Waals surface area contributed by atoms with E-state index in [1.807, 2.05) is 13.8 Å². The maximum absolute atomic E-state index is 13.2. The molecule has 0 bridgehead atoms. The Morgan fingerprint density at radius 1 is 0.565 bits per heavy atom. The van der Waals surface area contributed by atoms with Gasteiger partial charge in [0.15, 0.2) is 0 Å². The van der Waals surface area contributed by atoms with Gasteiger partial charge in [-0.1, -0.05) is 21.3 Å². The Balaban J connectivity index is 0. The second-order valence-electron chi connectivity index (χ2n) is 10.9. The van der Waals surface area contributed by atoms with Gasteiger partial charge in [0.2, 0.25) is 0 Å². The molecule has 0 fully saturated rings. The number of benzene rings is 4. The molecule has 0 radical (unpaired) electrons. The molecule has 0 saturated carbocycles. The smallest absolute Gasteiger partial charge is 0.396 e. The van der Waals surface area contributed by atoms with Crippen LogP contribution >= 0.6 is 0 Å². The van der Waals surface area contributed by atoms with Crippen LogP contribution in [-0.4, -0.2) is 65.0 Å². The number of carbonyl (C=O) groups is 2. The molecule has 0 aliphatic carbocycles. The highest BCUT2D eigenvalue weighted by molar-refractivity contribution is 5.97. The second kappa shape index (κ2) is 24.4. The molecule has 62 heavy (non-hydrogen) atoms. The van der Waals surface area contributed by atoms with E-state index in [9.17, 15) is 94.0 Å². The first-order valence-electron chi connectivity index (χ1n) is 15.9. The van der Waals surface area contributed by atoms with Crippen molar-refractivity contribution in [2.24, 2.45) is 0 Å². The van der Waals surface area contributed by atoms with Crippen molar-refractivity contribution in [2.45, 2.75) is 33.6 Å². The molecule has 4 rings (SSSR count). The van der Waals surface area contributed by atoms with Gasteiger partial charge in [-0.25, -0.2) is 17.6 Å². The quantitative estimate of drug-likeness (QED) is 0.0762. The minimum Gasteiger partial charge on any atom is -0.396 e. The minimum atomic E-state index is -5.20. The van der Waals surface area contributed by atoms with Gasteiger partial charge in [-0.3, -0.25) is 50.0 Å². The molecule has 0 aliphatic heterocycles. The van der Waals surface area contributed by atoms with Gasteiger partial charge in [0.05, 0.1) is 42.4 Å². The summed E-state index contributed by atoms with van der Waals surface area (Å²) in [6, 6.07) is 10.2. The fourth-order valence-electron chi connectivity index (χ4n) is 3.69. The maximum atomic E-state index is 13.2. The van der Waals surface area contributed by atoms with E-state index in [4.69, 9.17) is 5.73 Å². The van der Waals surface area contributed by atoms with Gasteiger partial charge in [0.25, 0.3) is 22.7 Å². The molecule has 2 amide bonds. The Morgan fingerprint density at radius 3 is 1.26 bits per heavy atom. The zero-order chi connectivity index (χ0) is 47.7. The molecule has 0 saturated heterocycles. The first-order chi connectivity index (χ1) is 28.0. The Morgan fingerprint density at radius 2 is 0.903 bits per heavy atom. The van der Waals surface area contributed by atoms with E-state index in [2.05, 4.69) is 0 Å². The lowest BCUT2D eigenvalue weighted by Gasteiger charge is -2.18. The third-order valence-corrected chi connectivity index (χ3v) is 6.53. The number of hydrogen-bond donors (Lipinski definition) is 2. The lowest BCUT2D eigenvalue weighted by molar-refractivity contribution is -0.385. The number of hydrogen-bond acceptors (Lipinski definition) is 12. The number of halogens is 10. The van der Waals surface area contributed by atoms with Crippen LogP contribution in [0.15, 0.2) is 72.8 Å². The number of anilines is 4. The van der Waals surface area contributed by atoms with E-state index in [-0.39, 0.29) is 35.1 Å². The minimum absolute atomic E-state index is 0. The van der Waals surface area contributed by atoms with Crippen molar-refractivity contribution in [3.05, 3.63) is 137 Å². The van der Waals surface area contributed by atoms with E-state index < -0.39 is 89.9 Å². The normalized spacial score (nSPS) is 10.1. The number of nitrogens with one attached hydrogen (secondary N) is 1. The van der Waals surface area contributed by atoms with Crippen molar-refractivity contribution in [2.75, 3.05) is 42.0 Å². The fourth-order valence-corrected chi connectivity index (χ4v) is 3.69. The van der Waals surface area contributed by atoms with Gasteiger partial charge in [-0.05, 0) is 24.3 Å². The summed E-state index contributed by atoms with van der Waals surface area (Å²) in [5.41, 5.74) is 1.81. The summed E-state index contributed by atoms with van der Waals surface area (Å²) in [4.78, 5) is 61.0. The molecule has 0 aliphatic rings. The van der Waals surface area contributed by atoms with Crippen LogP contribution in [0.5, 0.6) is 0 Å². The Hall–Kier alpha value is -7.68. The van der Waals surface area contributed by atoms with Crippen LogP contribution in [0, 0.1) is 63.7 Å². The number of nitro benzene ring substituents is 4. The number of nitrogens with two attached hydrogens (primary N) is 1. The number of non-ortho nitro benzene ring substituents is 4. The van der Waals surface area contributed by atoms with Gasteiger partial charge in [-0.15, -0.1) is 0 Å². The lowest BCUT2D eigenvalue weighted by Crippen LogP contribution is -2.38. The Bertz CT molecular complexity index is 2230. The van der Waals surface area contributed by atoms with Gasteiger partial charge in [0, 0.05) is 69.7 Å². The number of nitrogen functional groups attached to an aromatic ring is 1. The summed E-state index contributed by atoms with van der Waals surface area (Å²) in [5, 5.41) is 42.4. The third-order valence-electron chi connectivity index (χ3n) is 6.53. The van der Waals surface area contributed by atoms with Crippen molar-refractivity contribution >= 4 is 57.3 Å². The highest BCUT2D eigenvalue weighted by Gasteiger charge is 2.42. The highest BCUT2D eigenvalue weighted by atomic mass is 19.4. The summed E-state index contributed by atoms with van der Waals surface area (Å²) in [6.45, 7) is 4.00. The molecule has 0 atom stereocenters. The molecule has 4 aromatic carbocycles. The molecule has 18 nitrogen and oxygen atoms in total. The summed E-state index contributed by atoms with van der Waals surface area (Å²) < 4.78 is 124. The number of amides is 2. The number of nitrogens with zero attached hydrogens (tertiary/aromatic N) is 6. The Kier molecular flexibility index (Phi) is 22.2. The molecule has 3 N–H and O–H groups in total. The van der Waals surface area contributed by atoms with E-state index >= 15 is 0 Å². The number of nitro groups is 4. The molecule has 0 heterocycles. The lowest BCUT2D eigenvalue weighted by atomic mass is 10.2. The first-order valence-corrected chi connectivity index (χ1v) is 15.9. The van der Waals surface area contributed by atoms with Crippen LogP contribution in [0.1, 0.15) is 21.3 Å². The van der Waals surface area contributed by atoms with Crippen molar-refractivity contribution in [1.82, 2.24) is 0 Å². The van der Waals surface area contributed by atoms with Gasteiger partial charge < -0.3 is 20.9 Å². The largest absolute Gasteiger partial charge is 0.471 e. The van der Waals surface area contributed by atoms with Crippen molar-refractivity contribution in [3.63, 3.8) is 0 Å². The zero-order valence-corrected chi connectivity index (χ0v) is 31.6. The van der Waals surface area contributed by atoms with Crippen molar-refractivity contribution in [1.29, 1.82) is 0 Å². The summed E-state index contributed by atoms with van der Waals surface area (Å²) in [5.74, 6) is -8.20. The van der Waals surface area contributed by atoms with Crippen LogP contribution in [0.4, 0.5) is 89.4 Å². The number of rotatable bonds is 7. The molecule has 0 unspecified atom stereocenters. The molecule has 0 spiro atoms. The van der Waals surface area contributed by atoms with Crippen LogP contribution < -0.4 is 20.9 Å². The van der Waals surface area contributed by atoms with Crippen molar-refractivity contribution < 1.29 is 73.2 Å². The molecular formula is C34H34F10N8O10. The second-order valence-corrected chi connectivity index (χ2v) is 10.9. The van der Waals surface area contributed by atoms with Crippen LogP contribution in [0.2, 0.25) is 0 Å². The molecule has 0 aromatic heterocycles. The highest BCUT2D eigenvalue weighted by Crippen LogP contribution is 2.28. The SMILES string of the molecule is C.CC.CN(C(=O)C(F)(F)F)c1cc([N+](=O)[O-])ccc1F.CN(C)c1cc([N+](=O)[O-])ccc1F.Nc1cc([N+](=O)[O-])ccc1F.O=C(Nc1cc([N+](=O)[O-])ccc1F)C(F)(F)F. The topological polar surface area (TPSA) is 251 Å². The zero-order valence-electron chi connectivity index (χ0n) is 31.6. The standard InChI is InChI=1S/C9H6F4N2O3.C8H4F4N2O3.C8H9FN2O2.C6H5FN2O2.C2H6.CH4/c1-14(8(16)9(11,12)13)7-4-5(15(17)18)2-3-6(7)10;9-5-2-1-4(14(16)17)3-6(5)13-7(15)8(10,11)12;1-10(2)8-5-6(11(12)13)3-4-7(8)9;7-5-2-1-4(9(10)11)3-6(5)8;1-2;/h2-4H,1H3;1-3H,(H,13,15);3-5H,1-2H3;1-3H,8H2;1-2H3;1H4. The molecule has 4 aromatic rings. The van der Waals surface area contributed by atoms with E-state index in [0.29, 0.717) is 31.3 Å². The number of carbonyl (C=O) groups excluding carboxylic acids is 2. The summed E-state index contributed by atoms with van der Waals surface area (Å²) in [6.07, 6.45) is -10.4. The predicted octanol–water partition coefficient (Wildman–Crippen LogP) is 9.27.